The van der Waals surface area contributed by atoms with Gasteiger partial charge in [-0.15, -0.1) is 0 Å². The molecule has 0 bridgehead atoms. The molecule has 1 N–H and O–H groups in total. The Balaban J connectivity index is 1.68. The van der Waals surface area contributed by atoms with E-state index in [2.05, 4.69) is 19.2 Å². The van der Waals surface area contributed by atoms with Gasteiger partial charge in [-0.3, -0.25) is 4.79 Å². The molecule has 3 rings (SSSR count). The SMILES string of the molecule is COc1ccc(C(=O)Nc2ccc(C(C)(C)CN3CCOC3=O)cc2)cc1OC. The second-order valence-corrected chi connectivity index (χ2v) is 7.52. The number of carbonyl (C=O) groups excluding carboxylic acids is 2. The van der Waals surface area contributed by atoms with Crippen LogP contribution in [0.3, 0.4) is 0 Å². The molecule has 2 aromatic rings. The highest BCUT2D eigenvalue weighted by Gasteiger charge is 2.30. The van der Waals surface area contributed by atoms with Gasteiger partial charge in [0.15, 0.2) is 11.5 Å². The zero-order valence-corrected chi connectivity index (χ0v) is 17.2. The van der Waals surface area contributed by atoms with E-state index in [9.17, 15) is 9.59 Å². The van der Waals surface area contributed by atoms with Crippen molar-refractivity contribution < 1.29 is 23.8 Å². The maximum Gasteiger partial charge on any atom is 0.409 e. The number of ether oxygens (including phenoxy) is 3. The summed E-state index contributed by atoms with van der Waals surface area (Å²) in [5.41, 5.74) is 1.99. The number of amides is 2. The maximum absolute atomic E-state index is 12.6. The third-order valence-corrected chi connectivity index (χ3v) is 5.00. The van der Waals surface area contributed by atoms with Gasteiger partial charge in [-0.1, -0.05) is 26.0 Å². The van der Waals surface area contributed by atoms with Crippen molar-refractivity contribution in [2.24, 2.45) is 0 Å². The van der Waals surface area contributed by atoms with Crippen LogP contribution in [0, 0.1) is 0 Å². The van der Waals surface area contributed by atoms with E-state index in [-0.39, 0.29) is 17.4 Å². The molecule has 7 heteroatoms. The van der Waals surface area contributed by atoms with Gasteiger partial charge in [0.2, 0.25) is 0 Å². The van der Waals surface area contributed by atoms with E-state index < -0.39 is 0 Å². The van der Waals surface area contributed by atoms with Gasteiger partial charge < -0.3 is 24.4 Å². The summed E-state index contributed by atoms with van der Waals surface area (Å²) in [5.74, 6) is 0.827. The van der Waals surface area contributed by atoms with Crippen molar-refractivity contribution in [1.82, 2.24) is 4.90 Å². The third kappa shape index (κ3) is 4.62. The number of methoxy groups -OCH3 is 2. The molecule has 0 aliphatic carbocycles. The molecule has 0 radical (unpaired) electrons. The lowest BCUT2D eigenvalue weighted by Gasteiger charge is -2.29. The molecular formula is C22H26N2O5. The summed E-state index contributed by atoms with van der Waals surface area (Å²) in [7, 11) is 3.08. The molecule has 7 nitrogen and oxygen atoms in total. The Morgan fingerprint density at radius 1 is 1.10 bits per heavy atom. The molecule has 1 saturated heterocycles. The molecule has 1 aliphatic heterocycles. The lowest BCUT2D eigenvalue weighted by molar-refractivity contribution is 0.102. The number of benzene rings is 2. The standard InChI is InChI=1S/C22H26N2O5/c1-22(2,14-24-11-12-29-21(24)26)16-6-8-17(9-7-16)23-20(25)15-5-10-18(27-3)19(13-15)28-4/h5-10,13H,11-12,14H2,1-4H3,(H,23,25). The summed E-state index contributed by atoms with van der Waals surface area (Å²) >= 11 is 0. The summed E-state index contributed by atoms with van der Waals surface area (Å²) in [5, 5.41) is 2.89. The van der Waals surface area contributed by atoms with Crippen LogP contribution in [-0.4, -0.2) is 50.8 Å². The molecule has 0 aromatic heterocycles. The van der Waals surface area contributed by atoms with Crippen LogP contribution in [0.1, 0.15) is 29.8 Å². The van der Waals surface area contributed by atoms with Crippen LogP contribution in [0.15, 0.2) is 42.5 Å². The predicted octanol–water partition coefficient (Wildman–Crippen LogP) is 3.69. The Labute approximate surface area is 170 Å². The Morgan fingerprint density at radius 2 is 1.79 bits per heavy atom. The Bertz CT molecular complexity index is 893. The van der Waals surface area contributed by atoms with Crippen molar-refractivity contribution in [1.29, 1.82) is 0 Å². The van der Waals surface area contributed by atoms with Crippen LogP contribution < -0.4 is 14.8 Å². The Hall–Kier alpha value is -3.22. The van der Waals surface area contributed by atoms with E-state index in [0.29, 0.717) is 42.4 Å². The zero-order chi connectivity index (χ0) is 21.0. The van der Waals surface area contributed by atoms with Gasteiger partial charge in [0.1, 0.15) is 6.61 Å². The fraction of sp³-hybridized carbons (Fsp3) is 0.364. The van der Waals surface area contributed by atoms with Crippen molar-refractivity contribution in [3.63, 3.8) is 0 Å². The smallest absolute Gasteiger partial charge is 0.409 e. The molecule has 1 fully saturated rings. The van der Waals surface area contributed by atoms with E-state index in [0.717, 1.165) is 5.56 Å². The highest BCUT2D eigenvalue weighted by molar-refractivity contribution is 6.04. The van der Waals surface area contributed by atoms with Crippen molar-refractivity contribution in [3.8, 4) is 11.5 Å². The number of anilines is 1. The van der Waals surface area contributed by atoms with E-state index in [1.807, 2.05) is 24.3 Å². The van der Waals surface area contributed by atoms with Crippen LogP contribution in [-0.2, 0) is 10.2 Å². The lowest BCUT2D eigenvalue weighted by atomic mass is 9.84. The van der Waals surface area contributed by atoms with Crippen molar-refractivity contribution in [2.45, 2.75) is 19.3 Å². The first kappa shape index (κ1) is 20.5. The maximum atomic E-state index is 12.6. The van der Waals surface area contributed by atoms with Gasteiger partial charge in [-0.25, -0.2) is 4.79 Å². The van der Waals surface area contributed by atoms with Crippen LogP contribution in [0.2, 0.25) is 0 Å². The molecule has 29 heavy (non-hydrogen) atoms. The summed E-state index contributed by atoms with van der Waals surface area (Å²) in [6.45, 7) is 5.78. The van der Waals surface area contributed by atoms with Crippen molar-refractivity contribution in [3.05, 3.63) is 53.6 Å². The average Bonchev–Trinajstić information content (AvgIpc) is 3.11. The van der Waals surface area contributed by atoms with E-state index in [1.54, 1.807) is 30.2 Å². The molecule has 0 saturated carbocycles. The first-order valence-electron chi connectivity index (χ1n) is 9.39. The fourth-order valence-corrected chi connectivity index (χ4v) is 3.32. The fourth-order valence-electron chi connectivity index (χ4n) is 3.32. The number of nitrogens with zero attached hydrogens (tertiary/aromatic N) is 1. The number of hydrogen-bond donors (Lipinski definition) is 1. The van der Waals surface area contributed by atoms with Gasteiger partial charge >= 0.3 is 6.09 Å². The number of carbonyl (C=O) groups is 2. The Kier molecular flexibility index (Phi) is 5.96. The number of rotatable bonds is 7. The minimum atomic E-state index is -0.267. The summed E-state index contributed by atoms with van der Waals surface area (Å²) < 4.78 is 15.5. The van der Waals surface area contributed by atoms with E-state index in [1.165, 1.54) is 7.11 Å². The average molecular weight is 398 g/mol. The molecule has 2 aromatic carbocycles. The first-order valence-corrected chi connectivity index (χ1v) is 9.39. The second-order valence-electron chi connectivity index (χ2n) is 7.52. The predicted molar refractivity (Wildman–Crippen MR) is 110 cm³/mol. The summed E-state index contributed by atoms with van der Waals surface area (Å²) in [6, 6.07) is 12.7. The normalized spacial score (nSPS) is 13.8. The highest BCUT2D eigenvalue weighted by atomic mass is 16.6. The first-order chi connectivity index (χ1) is 13.8. The van der Waals surface area contributed by atoms with Crippen molar-refractivity contribution in [2.75, 3.05) is 39.2 Å². The molecule has 0 spiro atoms. The third-order valence-electron chi connectivity index (χ3n) is 5.00. The highest BCUT2D eigenvalue weighted by Crippen LogP contribution is 2.29. The van der Waals surface area contributed by atoms with Crippen LogP contribution >= 0.6 is 0 Å². The molecule has 154 valence electrons. The van der Waals surface area contributed by atoms with Gasteiger partial charge in [0.05, 0.1) is 20.8 Å². The summed E-state index contributed by atoms with van der Waals surface area (Å²) in [6.07, 6.45) is -0.267. The molecule has 0 unspecified atom stereocenters. The minimum Gasteiger partial charge on any atom is -0.493 e. The van der Waals surface area contributed by atoms with Gasteiger partial charge in [-0.2, -0.15) is 0 Å². The van der Waals surface area contributed by atoms with E-state index >= 15 is 0 Å². The number of cyclic esters (lactones) is 1. The van der Waals surface area contributed by atoms with Crippen LogP contribution in [0.4, 0.5) is 10.5 Å². The largest absolute Gasteiger partial charge is 0.493 e. The molecular weight excluding hydrogens is 372 g/mol. The quantitative estimate of drug-likeness (QED) is 0.770. The monoisotopic (exact) mass is 398 g/mol. The lowest BCUT2D eigenvalue weighted by Crippen LogP contribution is -2.37. The second kappa shape index (κ2) is 8.43. The van der Waals surface area contributed by atoms with Crippen molar-refractivity contribution >= 4 is 17.7 Å². The van der Waals surface area contributed by atoms with Gasteiger partial charge in [0.25, 0.3) is 5.91 Å². The van der Waals surface area contributed by atoms with Gasteiger partial charge in [-0.05, 0) is 35.9 Å². The molecule has 0 atom stereocenters. The summed E-state index contributed by atoms with van der Waals surface area (Å²) in [4.78, 5) is 26.0. The number of hydrogen-bond acceptors (Lipinski definition) is 5. The topological polar surface area (TPSA) is 77.1 Å². The molecule has 2 amide bonds. The van der Waals surface area contributed by atoms with Crippen LogP contribution in [0.5, 0.6) is 11.5 Å². The molecule has 1 aliphatic rings. The zero-order valence-electron chi connectivity index (χ0n) is 17.2. The van der Waals surface area contributed by atoms with Crippen LogP contribution in [0.25, 0.3) is 0 Å². The molecule has 1 heterocycles. The van der Waals surface area contributed by atoms with Gasteiger partial charge in [0, 0.05) is 23.2 Å². The Morgan fingerprint density at radius 3 is 2.38 bits per heavy atom. The van der Waals surface area contributed by atoms with E-state index in [4.69, 9.17) is 14.2 Å². The number of nitrogens with one attached hydrogen (secondary N) is 1. The minimum absolute atomic E-state index is 0.238.